The summed E-state index contributed by atoms with van der Waals surface area (Å²) >= 11 is 0. The molecule has 0 spiro atoms. The van der Waals surface area contributed by atoms with Crippen molar-refractivity contribution < 1.29 is 9.90 Å². The first kappa shape index (κ1) is 12.0. The predicted octanol–water partition coefficient (Wildman–Crippen LogP) is 1.47. The first-order valence-electron chi connectivity index (χ1n) is 4.90. The van der Waals surface area contributed by atoms with Crippen LogP contribution in [0, 0.1) is 17.2 Å². The minimum Gasteiger partial charge on any atom is -0.480 e. The number of nitriles is 1. The van der Waals surface area contributed by atoms with E-state index in [1.165, 1.54) is 6.20 Å². The molecule has 0 bridgehead atoms. The van der Waals surface area contributed by atoms with Gasteiger partial charge in [0, 0.05) is 0 Å². The highest BCUT2D eigenvalue weighted by molar-refractivity contribution is 5.77. The largest absolute Gasteiger partial charge is 0.480 e. The molecule has 1 aromatic heterocycles. The Bertz CT molecular complexity index is 406. The third kappa shape index (κ3) is 2.95. The minimum absolute atomic E-state index is 0.0341. The van der Waals surface area contributed by atoms with Gasteiger partial charge >= 0.3 is 5.97 Å². The second-order valence-corrected chi connectivity index (χ2v) is 3.75. The summed E-state index contributed by atoms with van der Waals surface area (Å²) in [6, 6.07) is 4.43. The Morgan fingerprint density at radius 2 is 2.25 bits per heavy atom. The monoisotopic (exact) mass is 219 g/mol. The van der Waals surface area contributed by atoms with Gasteiger partial charge in [0.2, 0.25) is 0 Å². The van der Waals surface area contributed by atoms with E-state index in [1.807, 2.05) is 19.9 Å². The Morgan fingerprint density at radius 3 is 2.62 bits per heavy atom. The number of nitrogens with one attached hydrogen (secondary N) is 1. The molecule has 0 amide bonds. The predicted molar refractivity (Wildman–Crippen MR) is 58.8 cm³/mol. The van der Waals surface area contributed by atoms with Gasteiger partial charge in [-0.3, -0.25) is 0 Å². The summed E-state index contributed by atoms with van der Waals surface area (Å²) in [5.74, 6) is -0.937. The number of hydrogen-bond donors (Lipinski definition) is 2. The van der Waals surface area contributed by atoms with E-state index in [0.717, 1.165) is 0 Å². The van der Waals surface area contributed by atoms with Gasteiger partial charge in [-0.05, 0) is 18.1 Å². The fraction of sp³-hybridized carbons (Fsp3) is 0.364. The molecule has 0 fully saturated rings. The van der Waals surface area contributed by atoms with Gasteiger partial charge in [-0.1, -0.05) is 13.8 Å². The van der Waals surface area contributed by atoms with Crippen LogP contribution in [0.5, 0.6) is 0 Å². The lowest BCUT2D eigenvalue weighted by Gasteiger charge is -2.18. The summed E-state index contributed by atoms with van der Waals surface area (Å²) < 4.78 is 0. The van der Waals surface area contributed by atoms with Crippen LogP contribution in [0.1, 0.15) is 19.5 Å². The van der Waals surface area contributed by atoms with Crippen LogP contribution in [0.2, 0.25) is 0 Å². The number of carboxylic acid groups (broad SMARTS) is 1. The fourth-order valence-corrected chi connectivity index (χ4v) is 1.24. The number of rotatable bonds is 4. The Kier molecular flexibility index (Phi) is 3.84. The zero-order valence-electron chi connectivity index (χ0n) is 9.14. The van der Waals surface area contributed by atoms with Crippen molar-refractivity contribution >= 4 is 11.7 Å². The van der Waals surface area contributed by atoms with Crippen molar-refractivity contribution in [2.45, 2.75) is 19.9 Å². The Balaban J connectivity index is 2.78. The van der Waals surface area contributed by atoms with E-state index in [-0.39, 0.29) is 5.92 Å². The van der Waals surface area contributed by atoms with Gasteiger partial charge in [0.1, 0.15) is 17.8 Å². The van der Waals surface area contributed by atoms with Crippen LogP contribution in [-0.4, -0.2) is 22.1 Å². The SMILES string of the molecule is CC(C)[C@H](Nc1ccc(C#N)nc1)C(=O)O. The zero-order chi connectivity index (χ0) is 12.1. The molecule has 0 unspecified atom stereocenters. The molecule has 1 atom stereocenters. The third-order valence-corrected chi connectivity index (χ3v) is 2.13. The number of pyridine rings is 1. The highest BCUT2D eigenvalue weighted by Gasteiger charge is 2.20. The molecule has 84 valence electrons. The van der Waals surface area contributed by atoms with E-state index in [4.69, 9.17) is 10.4 Å². The lowest BCUT2D eigenvalue weighted by molar-refractivity contribution is -0.138. The van der Waals surface area contributed by atoms with Crippen LogP contribution in [0.3, 0.4) is 0 Å². The number of aromatic nitrogens is 1. The Hall–Kier alpha value is -2.09. The summed E-state index contributed by atoms with van der Waals surface area (Å²) in [4.78, 5) is 14.8. The van der Waals surface area contributed by atoms with Crippen molar-refractivity contribution in [2.75, 3.05) is 5.32 Å². The van der Waals surface area contributed by atoms with Crippen molar-refractivity contribution in [3.63, 3.8) is 0 Å². The normalized spacial score (nSPS) is 11.9. The van der Waals surface area contributed by atoms with Gasteiger partial charge in [-0.15, -0.1) is 0 Å². The average molecular weight is 219 g/mol. The molecular formula is C11H13N3O2. The van der Waals surface area contributed by atoms with Crippen LogP contribution in [-0.2, 0) is 4.79 Å². The van der Waals surface area contributed by atoms with E-state index in [9.17, 15) is 4.79 Å². The van der Waals surface area contributed by atoms with Crippen LogP contribution in [0.15, 0.2) is 18.3 Å². The minimum atomic E-state index is -0.903. The van der Waals surface area contributed by atoms with Crippen molar-refractivity contribution in [1.82, 2.24) is 4.98 Å². The molecule has 0 aliphatic rings. The van der Waals surface area contributed by atoms with Crippen molar-refractivity contribution in [1.29, 1.82) is 5.26 Å². The van der Waals surface area contributed by atoms with E-state index >= 15 is 0 Å². The lowest BCUT2D eigenvalue weighted by atomic mass is 10.0. The van der Waals surface area contributed by atoms with Crippen LogP contribution < -0.4 is 5.32 Å². The standard InChI is InChI=1S/C11H13N3O2/c1-7(2)10(11(15)16)14-9-4-3-8(5-12)13-6-9/h3-4,6-7,10,14H,1-2H3,(H,15,16)/t10-/m0/s1. The molecule has 0 aliphatic heterocycles. The first-order valence-corrected chi connectivity index (χ1v) is 4.90. The van der Waals surface area contributed by atoms with Gasteiger partial charge in [0.15, 0.2) is 0 Å². The number of nitrogens with zero attached hydrogens (tertiary/aromatic N) is 2. The molecule has 1 aromatic rings. The molecule has 1 heterocycles. The molecule has 0 aromatic carbocycles. The molecule has 0 radical (unpaired) electrons. The van der Waals surface area contributed by atoms with E-state index in [1.54, 1.807) is 12.1 Å². The van der Waals surface area contributed by atoms with Gasteiger partial charge < -0.3 is 10.4 Å². The van der Waals surface area contributed by atoms with Crippen LogP contribution in [0.25, 0.3) is 0 Å². The molecule has 5 nitrogen and oxygen atoms in total. The van der Waals surface area contributed by atoms with Crippen LogP contribution in [0.4, 0.5) is 5.69 Å². The van der Waals surface area contributed by atoms with Crippen molar-refractivity contribution in [3.8, 4) is 6.07 Å². The van der Waals surface area contributed by atoms with Crippen molar-refractivity contribution in [3.05, 3.63) is 24.0 Å². The number of hydrogen-bond acceptors (Lipinski definition) is 4. The second-order valence-electron chi connectivity index (χ2n) is 3.75. The number of aliphatic carboxylic acids is 1. The molecule has 0 saturated heterocycles. The Labute approximate surface area is 93.7 Å². The van der Waals surface area contributed by atoms with Gasteiger partial charge in [-0.2, -0.15) is 5.26 Å². The zero-order valence-corrected chi connectivity index (χ0v) is 9.14. The number of carboxylic acids is 1. The molecule has 5 heteroatoms. The molecule has 2 N–H and O–H groups in total. The van der Waals surface area contributed by atoms with Gasteiger partial charge in [-0.25, -0.2) is 9.78 Å². The van der Waals surface area contributed by atoms with Crippen LogP contribution >= 0.6 is 0 Å². The number of anilines is 1. The summed E-state index contributed by atoms with van der Waals surface area (Å²) in [5.41, 5.74) is 0.905. The fourth-order valence-electron chi connectivity index (χ4n) is 1.24. The van der Waals surface area contributed by atoms with E-state index < -0.39 is 12.0 Å². The lowest BCUT2D eigenvalue weighted by Crippen LogP contribution is -2.34. The third-order valence-electron chi connectivity index (χ3n) is 2.13. The van der Waals surface area contributed by atoms with E-state index in [2.05, 4.69) is 10.3 Å². The molecule has 0 saturated carbocycles. The second kappa shape index (κ2) is 5.12. The topological polar surface area (TPSA) is 86.0 Å². The molecule has 0 aliphatic carbocycles. The maximum Gasteiger partial charge on any atom is 0.326 e. The summed E-state index contributed by atoms with van der Waals surface area (Å²) in [6.07, 6.45) is 1.46. The highest BCUT2D eigenvalue weighted by atomic mass is 16.4. The summed E-state index contributed by atoms with van der Waals surface area (Å²) in [5, 5.41) is 20.4. The van der Waals surface area contributed by atoms with Gasteiger partial charge in [0.25, 0.3) is 0 Å². The highest BCUT2D eigenvalue weighted by Crippen LogP contribution is 2.12. The first-order chi connectivity index (χ1) is 7.54. The summed E-state index contributed by atoms with van der Waals surface area (Å²) in [7, 11) is 0. The molecule has 1 rings (SSSR count). The number of carbonyl (C=O) groups is 1. The average Bonchev–Trinajstić information content (AvgIpc) is 2.25. The summed E-state index contributed by atoms with van der Waals surface area (Å²) in [6.45, 7) is 3.64. The maximum absolute atomic E-state index is 10.9. The molecular weight excluding hydrogens is 206 g/mol. The van der Waals surface area contributed by atoms with Crippen molar-refractivity contribution in [2.24, 2.45) is 5.92 Å². The molecule has 16 heavy (non-hydrogen) atoms. The quantitative estimate of drug-likeness (QED) is 0.800. The Morgan fingerprint density at radius 1 is 1.56 bits per heavy atom. The smallest absolute Gasteiger partial charge is 0.326 e. The van der Waals surface area contributed by atoms with E-state index in [0.29, 0.717) is 11.4 Å². The maximum atomic E-state index is 10.9. The van der Waals surface area contributed by atoms with Gasteiger partial charge in [0.05, 0.1) is 11.9 Å².